The lowest BCUT2D eigenvalue weighted by atomic mass is 10.2. The van der Waals surface area contributed by atoms with Gasteiger partial charge in [0.2, 0.25) is 5.95 Å². The first kappa shape index (κ1) is 19.5. The fourth-order valence-corrected chi connectivity index (χ4v) is 3.98. The Balaban J connectivity index is 1.59. The molecule has 29 heavy (non-hydrogen) atoms. The van der Waals surface area contributed by atoms with E-state index in [9.17, 15) is 9.59 Å². The summed E-state index contributed by atoms with van der Waals surface area (Å²) in [6.07, 6.45) is 1.73. The minimum Gasteiger partial charge on any atom is -0.340 e. The number of halogens is 1. The maximum atomic E-state index is 12.4. The van der Waals surface area contributed by atoms with E-state index in [1.807, 2.05) is 22.8 Å². The normalized spacial score (nSPS) is 15.2. The van der Waals surface area contributed by atoms with Crippen molar-refractivity contribution in [3.63, 3.8) is 0 Å². The molecule has 0 atom stereocenters. The summed E-state index contributed by atoms with van der Waals surface area (Å²) in [5, 5.41) is 0.745. The van der Waals surface area contributed by atoms with Gasteiger partial charge in [-0.25, -0.2) is 4.79 Å². The molecule has 0 bridgehead atoms. The molecule has 0 amide bonds. The van der Waals surface area contributed by atoms with Gasteiger partial charge >= 0.3 is 5.69 Å². The lowest BCUT2D eigenvalue weighted by Gasteiger charge is -2.35. The van der Waals surface area contributed by atoms with Gasteiger partial charge < -0.3 is 9.47 Å². The van der Waals surface area contributed by atoms with Crippen LogP contribution in [0.25, 0.3) is 11.2 Å². The van der Waals surface area contributed by atoms with E-state index in [1.54, 1.807) is 13.1 Å². The third-order valence-corrected chi connectivity index (χ3v) is 5.48. The van der Waals surface area contributed by atoms with Crippen LogP contribution in [0.5, 0.6) is 0 Å². The van der Waals surface area contributed by atoms with E-state index in [0.717, 1.165) is 37.7 Å². The molecule has 0 saturated carbocycles. The molecule has 1 aliphatic rings. The van der Waals surface area contributed by atoms with Gasteiger partial charge in [0.05, 0.1) is 0 Å². The number of hydrogen-bond acceptors (Lipinski definition) is 5. The second kappa shape index (κ2) is 7.88. The van der Waals surface area contributed by atoms with E-state index in [2.05, 4.69) is 32.4 Å². The summed E-state index contributed by atoms with van der Waals surface area (Å²) in [4.78, 5) is 35.9. The molecule has 2 aromatic heterocycles. The standard InChI is InChI=1S/C20H23ClN6O2/c1-3-7-27-16-17(24(2)20(29)23-18(16)28)22-19(27)26-10-8-25(9-11-26)13-14-5-4-6-15(21)12-14/h3-6,12H,1,7-11,13H2,2H3,(H,23,28,29). The monoisotopic (exact) mass is 414 g/mol. The van der Waals surface area contributed by atoms with Crippen molar-refractivity contribution in [1.82, 2.24) is 24.0 Å². The minimum atomic E-state index is -0.469. The smallest absolute Gasteiger partial charge is 0.329 e. The molecular formula is C20H23ClN6O2. The second-order valence-corrected chi connectivity index (χ2v) is 7.63. The van der Waals surface area contributed by atoms with Crippen LogP contribution in [-0.2, 0) is 20.1 Å². The molecular weight excluding hydrogens is 392 g/mol. The summed E-state index contributed by atoms with van der Waals surface area (Å²) >= 11 is 6.09. The van der Waals surface area contributed by atoms with E-state index >= 15 is 0 Å². The number of nitrogens with zero attached hydrogens (tertiary/aromatic N) is 5. The van der Waals surface area contributed by atoms with E-state index < -0.39 is 11.2 Å². The highest BCUT2D eigenvalue weighted by Crippen LogP contribution is 2.22. The molecule has 1 aliphatic heterocycles. The van der Waals surface area contributed by atoms with Crippen LogP contribution in [0.3, 0.4) is 0 Å². The number of aromatic nitrogens is 4. The molecule has 8 nitrogen and oxygen atoms in total. The molecule has 1 N–H and O–H groups in total. The molecule has 1 aromatic carbocycles. The summed E-state index contributed by atoms with van der Waals surface area (Å²) in [5.74, 6) is 0.689. The Labute approximate surface area is 172 Å². The largest absolute Gasteiger partial charge is 0.340 e. The molecule has 1 saturated heterocycles. The molecule has 1 fully saturated rings. The van der Waals surface area contributed by atoms with Crippen molar-refractivity contribution in [2.45, 2.75) is 13.1 Å². The van der Waals surface area contributed by atoms with Gasteiger partial charge in [-0.1, -0.05) is 29.8 Å². The maximum absolute atomic E-state index is 12.4. The number of anilines is 1. The Morgan fingerprint density at radius 2 is 2.00 bits per heavy atom. The quantitative estimate of drug-likeness (QED) is 0.641. The topological polar surface area (TPSA) is 79.2 Å². The number of nitrogens with one attached hydrogen (secondary N) is 1. The highest BCUT2D eigenvalue weighted by atomic mass is 35.5. The molecule has 0 aliphatic carbocycles. The van der Waals surface area contributed by atoms with Gasteiger partial charge in [-0.3, -0.25) is 19.2 Å². The Morgan fingerprint density at radius 3 is 2.69 bits per heavy atom. The van der Waals surface area contributed by atoms with Gasteiger partial charge in [-0.15, -0.1) is 6.58 Å². The number of fused-ring (bicyclic) bond motifs is 1. The lowest BCUT2D eigenvalue weighted by Crippen LogP contribution is -2.46. The molecule has 3 heterocycles. The highest BCUT2D eigenvalue weighted by Gasteiger charge is 2.24. The van der Waals surface area contributed by atoms with Crippen molar-refractivity contribution in [3.8, 4) is 0 Å². The average molecular weight is 415 g/mol. The first-order valence-electron chi connectivity index (χ1n) is 9.50. The van der Waals surface area contributed by atoms with Crippen LogP contribution >= 0.6 is 11.6 Å². The van der Waals surface area contributed by atoms with E-state index in [-0.39, 0.29) is 0 Å². The fourth-order valence-electron chi connectivity index (χ4n) is 3.77. The second-order valence-electron chi connectivity index (χ2n) is 7.19. The van der Waals surface area contributed by atoms with Gasteiger partial charge in [0, 0.05) is 51.3 Å². The Kier molecular flexibility index (Phi) is 5.29. The van der Waals surface area contributed by atoms with Crippen LogP contribution < -0.4 is 16.1 Å². The summed E-state index contributed by atoms with van der Waals surface area (Å²) in [6.45, 7) is 8.34. The number of allylic oxidation sites excluding steroid dienone is 1. The fraction of sp³-hybridized carbons (Fsp3) is 0.350. The van der Waals surface area contributed by atoms with Crippen LogP contribution in [-0.4, -0.2) is 50.2 Å². The first-order valence-corrected chi connectivity index (χ1v) is 9.88. The number of H-pyrrole nitrogens is 1. The van der Waals surface area contributed by atoms with Gasteiger partial charge in [0.25, 0.3) is 5.56 Å². The number of piperazine rings is 1. The first-order chi connectivity index (χ1) is 14.0. The van der Waals surface area contributed by atoms with E-state index in [1.165, 1.54) is 10.1 Å². The summed E-state index contributed by atoms with van der Waals surface area (Å²) < 4.78 is 3.20. The van der Waals surface area contributed by atoms with Crippen molar-refractivity contribution >= 4 is 28.7 Å². The van der Waals surface area contributed by atoms with Crippen LogP contribution in [0.15, 0.2) is 46.5 Å². The molecule has 9 heteroatoms. The highest BCUT2D eigenvalue weighted by molar-refractivity contribution is 6.30. The Bertz CT molecular complexity index is 1170. The molecule has 4 rings (SSSR count). The van der Waals surface area contributed by atoms with Gasteiger partial charge in [-0.2, -0.15) is 4.98 Å². The third-order valence-electron chi connectivity index (χ3n) is 5.25. The van der Waals surface area contributed by atoms with E-state index in [4.69, 9.17) is 11.6 Å². The number of imidazole rings is 1. The Morgan fingerprint density at radius 1 is 1.24 bits per heavy atom. The number of hydrogen-bond donors (Lipinski definition) is 1. The molecule has 0 unspecified atom stereocenters. The van der Waals surface area contributed by atoms with Crippen LogP contribution in [0.2, 0.25) is 5.02 Å². The Hall–Kier alpha value is -2.84. The number of aryl methyl sites for hydroxylation is 1. The van der Waals surface area contributed by atoms with Gasteiger partial charge in [0.15, 0.2) is 11.2 Å². The van der Waals surface area contributed by atoms with Gasteiger partial charge in [-0.05, 0) is 17.7 Å². The molecule has 3 aromatic rings. The zero-order valence-electron chi connectivity index (χ0n) is 16.3. The molecule has 152 valence electrons. The van der Waals surface area contributed by atoms with Gasteiger partial charge in [0.1, 0.15) is 0 Å². The van der Waals surface area contributed by atoms with Crippen molar-refractivity contribution in [1.29, 1.82) is 0 Å². The number of rotatable bonds is 5. The number of benzene rings is 1. The summed E-state index contributed by atoms with van der Waals surface area (Å²) in [5.41, 5.74) is 1.07. The third kappa shape index (κ3) is 3.73. The van der Waals surface area contributed by atoms with Crippen molar-refractivity contribution in [2.24, 2.45) is 7.05 Å². The minimum absolute atomic E-state index is 0.386. The van der Waals surface area contributed by atoms with Crippen molar-refractivity contribution in [3.05, 3.63) is 68.3 Å². The molecule has 0 radical (unpaired) electrons. The number of aromatic amines is 1. The predicted molar refractivity (Wildman–Crippen MR) is 115 cm³/mol. The SMILES string of the molecule is C=CCn1c(N2CCN(Cc3cccc(Cl)c3)CC2)nc2c1c(=O)[nH]c(=O)n2C. The van der Waals surface area contributed by atoms with Crippen LogP contribution in [0.1, 0.15) is 5.56 Å². The zero-order chi connectivity index (χ0) is 20.5. The average Bonchev–Trinajstić information content (AvgIpc) is 3.07. The van der Waals surface area contributed by atoms with Crippen LogP contribution in [0.4, 0.5) is 5.95 Å². The summed E-state index contributed by atoms with van der Waals surface area (Å²) in [6, 6.07) is 7.91. The van der Waals surface area contributed by atoms with Crippen LogP contribution in [0, 0.1) is 0 Å². The lowest BCUT2D eigenvalue weighted by molar-refractivity contribution is 0.248. The van der Waals surface area contributed by atoms with Crippen molar-refractivity contribution in [2.75, 3.05) is 31.1 Å². The maximum Gasteiger partial charge on any atom is 0.329 e. The predicted octanol–water partition coefficient (Wildman–Crippen LogP) is 1.58. The molecule has 0 spiro atoms. The van der Waals surface area contributed by atoms with Crippen molar-refractivity contribution < 1.29 is 0 Å². The summed E-state index contributed by atoms with van der Waals surface area (Å²) in [7, 11) is 1.61. The van der Waals surface area contributed by atoms with E-state index in [0.29, 0.717) is 23.7 Å². The zero-order valence-corrected chi connectivity index (χ0v) is 17.0.